The van der Waals surface area contributed by atoms with Crippen molar-refractivity contribution < 1.29 is 23.8 Å². The highest BCUT2D eigenvalue weighted by Crippen LogP contribution is 2.33. The Morgan fingerprint density at radius 2 is 1.77 bits per heavy atom. The predicted molar refractivity (Wildman–Crippen MR) is 159 cm³/mol. The lowest BCUT2D eigenvalue weighted by molar-refractivity contribution is -0.145. The molecule has 39 heavy (non-hydrogen) atoms. The smallest absolute Gasteiger partial charge is 0.344 e. The molecule has 0 aliphatic rings. The van der Waals surface area contributed by atoms with Crippen LogP contribution in [-0.4, -0.2) is 43.0 Å². The van der Waals surface area contributed by atoms with E-state index in [4.69, 9.17) is 14.2 Å². The summed E-state index contributed by atoms with van der Waals surface area (Å²) in [5.41, 5.74) is 7.99. The Labute approximate surface area is 240 Å². The van der Waals surface area contributed by atoms with Crippen molar-refractivity contribution in [3.8, 4) is 28.4 Å². The Hall–Kier alpha value is -4.12. The lowest BCUT2D eigenvalue weighted by Crippen LogP contribution is -2.17. The highest BCUT2D eigenvalue weighted by molar-refractivity contribution is 14.1. The molecule has 0 fully saturated rings. The molecular formula is C30H28IN3O5. The molecule has 4 aromatic rings. The summed E-state index contributed by atoms with van der Waals surface area (Å²) in [5.74, 6) is 0.0729. The molecule has 0 aliphatic heterocycles. The third-order valence-electron chi connectivity index (χ3n) is 5.80. The van der Waals surface area contributed by atoms with Gasteiger partial charge in [0.05, 0.1) is 29.2 Å². The maximum absolute atomic E-state index is 12.7. The van der Waals surface area contributed by atoms with Gasteiger partial charge in [0.15, 0.2) is 18.1 Å². The van der Waals surface area contributed by atoms with Gasteiger partial charge >= 0.3 is 5.97 Å². The van der Waals surface area contributed by atoms with E-state index in [0.717, 1.165) is 26.2 Å². The van der Waals surface area contributed by atoms with Crippen LogP contribution in [0, 0.1) is 10.5 Å². The van der Waals surface area contributed by atoms with Gasteiger partial charge in [0.2, 0.25) is 0 Å². The molecule has 1 aromatic heterocycles. The van der Waals surface area contributed by atoms with E-state index in [9.17, 15) is 9.59 Å². The number of rotatable bonds is 10. The summed E-state index contributed by atoms with van der Waals surface area (Å²) in [6, 6.07) is 25.2. The predicted octanol–water partition coefficient (Wildman–Crippen LogP) is 5.77. The Kier molecular flexibility index (Phi) is 9.37. The lowest BCUT2D eigenvalue weighted by atomic mass is 10.1. The van der Waals surface area contributed by atoms with Crippen LogP contribution in [0.1, 0.15) is 28.5 Å². The van der Waals surface area contributed by atoms with Crippen molar-refractivity contribution in [2.45, 2.75) is 13.8 Å². The number of hydrazone groups is 1. The highest BCUT2D eigenvalue weighted by atomic mass is 127. The number of methoxy groups -OCH3 is 1. The van der Waals surface area contributed by atoms with Gasteiger partial charge in [0, 0.05) is 16.9 Å². The van der Waals surface area contributed by atoms with Crippen LogP contribution in [0.2, 0.25) is 0 Å². The molecule has 0 atom stereocenters. The fraction of sp³-hybridized carbons (Fsp3) is 0.167. The number of hydrogen-bond donors (Lipinski definition) is 1. The molecule has 0 aliphatic carbocycles. The molecule has 0 unspecified atom stereocenters. The van der Waals surface area contributed by atoms with Gasteiger partial charge in [-0.2, -0.15) is 5.10 Å². The van der Waals surface area contributed by atoms with E-state index in [2.05, 4.69) is 68.9 Å². The standard InChI is InChI=1S/C30H28IN3O5/c1-4-38-28(35)19-39-29-25(31)16-21(17-27(29)37-3)18-32-33-30(36)23-11-13-24(14-12-23)34-20(2)10-15-26(34)22-8-6-5-7-9-22/h5-18H,4,19H2,1-3H3,(H,33,36)/b32-18+. The Morgan fingerprint density at radius 3 is 2.46 bits per heavy atom. The van der Waals surface area contributed by atoms with Crippen LogP contribution in [0.15, 0.2) is 84.0 Å². The molecule has 1 N–H and O–H groups in total. The summed E-state index contributed by atoms with van der Waals surface area (Å²) in [6.45, 7) is 3.84. The number of ether oxygens (including phenoxy) is 3. The minimum absolute atomic E-state index is 0.222. The van der Waals surface area contributed by atoms with Crippen molar-refractivity contribution >= 4 is 40.7 Å². The van der Waals surface area contributed by atoms with Gasteiger partial charge in [0.1, 0.15) is 0 Å². The third kappa shape index (κ3) is 6.85. The molecule has 3 aromatic carbocycles. The maximum Gasteiger partial charge on any atom is 0.344 e. The topological polar surface area (TPSA) is 91.2 Å². The summed E-state index contributed by atoms with van der Waals surface area (Å²) < 4.78 is 18.8. The Bertz CT molecular complexity index is 1480. The summed E-state index contributed by atoms with van der Waals surface area (Å²) in [6.07, 6.45) is 1.52. The van der Waals surface area contributed by atoms with Gasteiger partial charge in [-0.25, -0.2) is 10.2 Å². The summed E-state index contributed by atoms with van der Waals surface area (Å²) in [7, 11) is 1.51. The minimum atomic E-state index is -0.461. The molecule has 0 saturated heterocycles. The van der Waals surface area contributed by atoms with E-state index in [1.165, 1.54) is 13.3 Å². The average molecular weight is 637 g/mol. The fourth-order valence-corrected chi connectivity index (χ4v) is 4.78. The van der Waals surface area contributed by atoms with E-state index in [1.807, 2.05) is 30.3 Å². The highest BCUT2D eigenvalue weighted by Gasteiger charge is 2.14. The van der Waals surface area contributed by atoms with Crippen molar-refractivity contribution in [3.63, 3.8) is 0 Å². The van der Waals surface area contributed by atoms with Gasteiger partial charge in [-0.05, 0) is 96.1 Å². The number of aromatic nitrogens is 1. The number of nitrogens with one attached hydrogen (secondary N) is 1. The van der Waals surface area contributed by atoms with Crippen LogP contribution in [0.3, 0.4) is 0 Å². The zero-order chi connectivity index (χ0) is 27.8. The summed E-state index contributed by atoms with van der Waals surface area (Å²) in [4.78, 5) is 24.3. The van der Waals surface area contributed by atoms with Gasteiger partial charge < -0.3 is 18.8 Å². The third-order valence-corrected chi connectivity index (χ3v) is 6.61. The average Bonchev–Trinajstić information content (AvgIpc) is 3.34. The lowest BCUT2D eigenvalue weighted by Gasteiger charge is -2.13. The Balaban J connectivity index is 1.43. The SMILES string of the molecule is CCOC(=O)COc1c(I)cc(/C=N/NC(=O)c2ccc(-n3c(C)ccc3-c3ccccc3)cc2)cc1OC. The van der Waals surface area contributed by atoms with Crippen LogP contribution in [-0.2, 0) is 9.53 Å². The first kappa shape index (κ1) is 27.9. The van der Waals surface area contributed by atoms with Crippen LogP contribution in [0.5, 0.6) is 11.5 Å². The first-order chi connectivity index (χ1) is 18.9. The van der Waals surface area contributed by atoms with Crippen molar-refractivity contribution in [3.05, 3.63) is 99.3 Å². The number of carbonyl (C=O) groups excluding carboxylic acids is 2. The quantitative estimate of drug-likeness (QED) is 0.103. The van der Waals surface area contributed by atoms with Crippen LogP contribution in [0.25, 0.3) is 16.9 Å². The number of benzene rings is 3. The van der Waals surface area contributed by atoms with E-state index < -0.39 is 5.97 Å². The number of hydrogen-bond acceptors (Lipinski definition) is 6. The van der Waals surface area contributed by atoms with Gasteiger partial charge in [-0.15, -0.1) is 0 Å². The molecule has 1 heterocycles. The second kappa shape index (κ2) is 13.1. The molecular weight excluding hydrogens is 609 g/mol. The summed E-state index contributed by atoms with van der Waals surface area (Å²) >= 11 is 2.08. The number of carbonyl (C=O) groups is 2. The van der Waals surface area contributed by atoms with Gasteiger partial charge in [-0.1, -0.05) is 30.3 Å². The number of amides is 1. The van der Waals surface area contributed by atoms with Crippen molar-refractivity contribution in [1.82, 2.24) is 9.99 Å². The maximum atomic E-state index is 12.7. The largest absolute Gasteiger partial charge is 0.493 e. The molecule has 9 heteroatoms. The van der Waals surface area contributed by atoms with Crippen molar-refractivity contribution in [1.29, 1.82) is 0 Å². The van der Waals surface area contributed by atoms with Gasteiger partial charge in [0.25, 0.3) is 5.91 Å². The van der Waals surface area contributed by atoms with E-state index >= 15 is 0 Å². The normalized spacial score (nSPS) is 10.9. The second-order valence-electron chi connectivity index (χ2n) is 8.44. The number of nitrogens with zero attached hydrogens (tertiary/aromatic N) is 2. The van der Waals surface area contributed by atoms with Crippen molar-refractivity contribution in [2.75, 3.05) is 20.3 Å². The van der Waals surface area contributed by atoms with Crippen LogP contribution in [0.4, 0.5) is 0 Å². The Morgan fingerprint density at radius 1 is 1.03 bits per heavy atom. The zero-order valence-corrected chi connectivity index (χ0v) is 24.0. The number of aryl methyl sites for hydroxylation is 1. The second-order valence-corrected chi connectivity index (χ2v) is 9.60. The summed E-state index contributed by atoms with van der Waals surface area (Å²) in [5, 5.41) is 4.10. The molecule has 0 saturated carbocycles. The van der Waals surface area contributed by atoms with Crippen LogP contribution < -0.4 is 14.9 Å². The zero-order valence-electron chi connectivity index (χ0n) is 21.8. The monoisotopic (exact) mass is 637 g/mol. The molecule has 1 amide bonds. The molecule has 8 nitrogen and oxygen atoms in total. The van der Waals surface area contributed by atoms with E-state index in [-0.39, 0.29) is 19.1 Å². The molecule has 0 radical (unpaired) electrons. The van der Waals surface area contributed by atoms with E-state index in [1.54, 1.807) is 31.2 Å². The van der Waals surface area contributed by atoms with Gasteiger partial charge in [-0.3, -0.25) is 4.79 Å². The van der Waals surface area contributed by atoms with E-state index in [0.29, 0.717) is 22.6 Å². The van der Waals surface area contributed by atoms with Crippen LogP contribution >= 0.6 is 22.6 Å². The molecule has 0 bridgehead atoms. The molecule has 4 rings (SSSR count). The number of halogens is 1. The van der Waals surface area contributed by atoms with Crippen molar-refractivity contribution in [2.24, 2.45) is 5.10 Å². The first-order valence-corrected chi connectivity index (χ1v) is 13.3. The first-order valence-electron chi connectivity index (χ1n) is 12.2. The molecule has 200 valence electrons. The minimum Gasteiger partial charge on any atom is -0.493 e. The molecule has 0 spiro atoms. The fourth-order valence-electron chi connectivity index (χ4n) is 4.00. The number of esters is 1.